The predicted molar refractivity (Wildman–Crippen MR) is 115 cm³/mol. The third-order valence-electron chi connectivity index (χ3n) is 6.46. The number of fused-ring (bicyclic) bond motifs is 3. The van der Waals surface area contributed by atoms with Gasteiger partial charge in [0.05, 0.1) is 5.69 Å². The molecule has 2 aliphatic rings. The lowest BCUT2D eigenvalue weighted by Crippen LogP contribution is -2.49. The SMILES string of the molecule is Cc1nc(C(=O)N[C@@H]2C(=O)N(C)c3nccnc3C3C(C)C32)cn1Cc1ccccc1. The molecule has 0 spiro atoms. The number of aryl methyl sites for hydroxylation is 1. The van der Waals surface area contributed by atoms with Gasteiger partial charge in [-0.1, -0.05) is 37.3 Å². The lowest BCUT2D eigenvalue weighted by atomic mass is 10.1. The minimum absolute atomic E-state index is 0.00403. The van der Waals surface area contributed by atoms with Crippen LogP contribution in [0.2, 0.25) is 0 Å². The summed E-state index contributed by atoms with van der Waals surface area (Å²) in [6, 6.07) is 9.38. The number of hydrogen-bond donors (Lipinski definition) is 1. The molecule has 3 unspecified atom stereocenters. The van der Waals surface area contributed by atoms with Crippen molar-refractivity contribution in [1.29, 1.82) is 0 Å². The molecule has 31 heavy (non-hydrogen) atoms. The van der Waals surface area contributed by atoms with Crippen molar-refractivity contribution in [1.82, 2.24) is 24.8 Å². The summed E-state index contributed by atoms with van der Waals surface area (Å²) in [6.07, 6.45) is 4.99. The second-order valence-corrected chi connectivity index (χ2v) is 8.36. The molecule has 5 rings (SSSR count). The maximum absolute atomic E-state index is 13.2. The van der Waals surface area contributed by atoms with Gasteiger partial charge < -0.3 is 9.88 Å². The molecule has 0 radical (unpaired) electrons. The van der Waals surface area contributed by atoms with Gasteiger partial charge >= 0.3 is 0 Å². The van der Waals surface area contributed by atoms with Gasteiger partial charge in [-0.2, -0.15) is 0 Å². The van der Waals surface area contributed by atoms with Crippen molar-refractivity contribution in [3.63, 3.8) is 0 Å². The van der Waals surface area contributed by atoms with E-state index in [0.717, 1.165) is 17.1 Å². The van der Waals surface area contributed by atoms with Crippen LogP contribution in [0.3, 0.4) is 0 Å². The van der Waals surface area contributed by atoms with Crippen LogP contribution in [0, 0.1) is 18.8 Å². The van der Waals surface area contributed by atoms with Gasteiger partial charge in [0.15, 0.2) is 5.82 Å². The van der Waals surface area contributed by atoms with E-state index in [1.807, 2.05) is 41.8 Å². The molecule has 3 heterocycles. The summed E-state index contributed by atoms with van der Waals surface area (Å²) in [5.74, 6) is 1.17. The molecular formula is C23H24N6O2. The zero-order chi connectivity index (χ0) is 21.7. The summed E-state index contributed by atoms with van der Waals surface area (Å²) < 4.78 is 1.94. The topological polar surface area (TPSA) is 93.0 Å². The van der Waals surface area contributed by atoms with Crippen molar-refractivity contribution in [2.75, 3.05) is 11.9 Å². The average molecular weight is 416 g/mol. The second-order valence-electron chi connectivity index (χ2n) is 8.36. The Labute approximate surface area is 180 Å². The molecule has 1 saturated carbocycles. The first-order valence-electron chi connectivity index (χ1n) is 10.4. The lowest BCUT2D eigenvalue weighted by Gasteiger charge is -2.23. The highest BCUT2D eigenvalue weighted by atomic mass is 16.2. The van der Waals surface area contributed by atoms with E-state index in [1.165, 1.54) is 4.90 Å². The van der Waals surface area contributed by atoms with Crippen molar-refractivity contribution in [3.05, 3.63) is 71.7 Å². The summed E-state index contributed by atoms with van der Waals surface area (Å²) in [5.41, 5.74) is 2.27. The molecule has 158 valence electrons. The number of hydrogen-bond acceptors (Lipinski definition) is 5. The number of nitrogens with one attached hydrogen (secondary N) is 1. The number of likely N-dealkylation sites (N-methyl/N-ethyl adjacent to an activating group) is 1. The number of rotatable bonds is 4. The highest BCUT2D eigenvalue weighted by Gasteiger charge is 2.59. The van der Waals surface area contributed by atoms with Gasteiger partial charge in [0.25, 0.3) is 11.8 Å². The van der Waals surface area contributed by atoms with E-state index in [9.17, 15) is 9.59 Å². The standard InChI is InChI=1S/C23H24N6O2/c1-13-17-18(13)20(23(31)28(3)21-19(17)24-9-10-25-21)27-22(30)16-12-29(14(2)26-16)11-15-7-5-4-6-8-15/h4-10,12-13,17-18,20H,11H2,1-3H3,(H,27,30)/t13?,17?,18?,20-/m0/s1. The summed E-state index contributed by atoms with van der Waals surface area (Å²) in [7, 11) is 1.68. The van der Waals surface area contributed by atoms with Gasteiger partial charge in [0, 0.05) is 44.0 Å². The zero-order valence-electron chi connectivity index (χ0n) is 17.7. The average Bonchev–Trinajstić information content (AvgIpc) is 3.33. The van der Waals surface area contributed by atoms with E-state index in [2.05, 4.69) is 27.2 Å². The molecule has 3 aromatic rings. The largest absolute Gasteiger partial charge is 0.339 e. The molecule has 4 atom stereocenters. The van der Waals surface area contributed by atoms with Crippen molar-refractivity contribution in [3.8, 4) is 0 Å². The van der Waals surface area contributed by atoms with Crippen LogP contribution in [0.15, 0.2) is 48.9 Å². The highest BCUT2D eigenvalue weighted by Crippen LogP contribution is 2.58. The summed E-state index contributed by atoms with van der Waals surface area (Å²) >= 11 is 0. The van der Waals surface area contributed by atoms with Crippen LogP contribution < -0.4 is 10.2 Å². The molecular weight excluding hydrogens is 392 g/mol. The molecule has 1 aliphatic carbocycles. The first kappa shape index (κ1) is 19.4. The number of benzene rings is 1. The number of amides is 2. The first-order valence-corrected chi connectivity index (χ1v) is 10.4. The Kier molecular flexibility index (Phi) is 4.57. The van der Waals surface area contributed by atoms with E-state index >= 15 is 0 Å². The Hall–Kier alpha value is -3.55. The third kappa shape index (κ3) is 3.28. The number of nitrogens with zero attached hydrogens (tertiary/aromatic N) is 5. The van der Waals surface area contributed by atoms with Crippen molar-refractivity contribution in [2.45, 2.75) is 32.4 Å². The van der Waals surface area contributed by atoms with Crippen molar-refractivity contribution >= 4 is 17.6 Å². The Bertz CT molecular complexity index is 1160. The number of carbonyl (C=O) groups excluding carboxylic acids is 2. The summed E-state index contributed by atoms with van der Waals surface area (Å²) in [4.78, 5) is 41.0. The fraction of sp³-hybridized carbons (Fsp3) is 0.348. The van der Waals surface area contributed by atoms with E-state index in [1.54, 1.807) is 25.6 Å². The van der Waals surface area contributed by atoms with E-state index in [0.29, 0.717) is 18.1 Å². The Morgan fingerprint density at radius 2 is 1.90 bits per heavy atom. The van der Waals surface area contributed by atoms with Crippen LogP contribution in [-0.2, 0) is 11.3 Å². The molecule has 2 amide bonds. The monoisotopic (exact) mass is 416 g/mol. The normalized spacial score (nSPS) is 24.2. The molecule has 8 heteroatoms. The number of aromatic nitrogens is 4. The fourth-order valence-electron chi connectivity index (χ4n) is 4.68. The van der Waals surface area contributed by atoms with E-state index in [4.69, 9.17) is 0 Å². The van der Waals surface area contributed by atoms with E-state index < -0.39 is 6.04 Å². The van der Waals surface area contributed by atoms with Gasteiger partial charge in [-0.25, -0.2) is 9.97 Å². The van der Waals surface area contributed by atoms with Crippen molar-refractivity contribution < 1.29 is 9.59 Å². The minimum Gasteiger partial charge on any atom is -0.339 e. The van der Waals surface area contributed by atoms with Gasteiger partial charge in [-0.15, -0.1) is 0 Å². The van der Waals surface area contributed by atoms with Gasteiger partial charge in [-0.05, 0) is 18.4 Å². The zero-order valence-corrected chi connectivity index (χ0v) is 17.7. The second kappa shape index (κ2) is 7.30. The van der Waals surface area contributed by atoms with Crippen LogP contribution in [0.1, 0.15) is 40.4 Å². The quantitative estimate of drug-likeness (QED) is 0.704. The number of carbonyl (C=O) groups is 2. The van der Waals surface area contributed by atoms with Gasteiger partial charge in [-0.3, -0.25) is 19.5 Å². The maximum atomic E-state index is 13.2. The summed E-state index contributed by atoms with van der Waals surface area (Å²) in [5, 5.41) is 2.95. The first-order chi connectivity index (χ1) is 15.0. The molecule has 1 fully saturated rings. The fourth-order valence-corrected chi connectivity index (χ4v) is 4.68. The van der Waals surface area contributed by atoms with Crippen LogP contribution in [0.25, 0.3) is 0 Å². The van der Waals surface area contributed by atoms with Crippen molar-refractivity contribution in [2.24, 2.45) is 11.8 Å². The third-order valence-corrected chi connectivity index (χ3v) is 6.46. The molecule has 1 aromatic carbocycles. The van der Waals surface area contributed by atoms with Crippen LogP contribution in [0.4, 0.5) is 5.82 Å². The lowest BCUT2D eigenvalue weighted by molar-refractivity contribution is -0.120. The van der Waals surface area contributed by atoms with Gasteiger partial charge in [0.1, 0.15) is 17.6 Å². The summed E-state index contributed by atoms with van der Waals surface area (Å²) in [6.45, 7) is 4.59. The molecule has 0 saturated heterocycles. The molecule has 0 bridgehead atoms. The van der Waals surface area contributed by atoms with Gasteiger partial charge in [0.2, 0.25) is 0 Å². The molecule has 1 N–H and O–H groups in total. The smallest absolute Gasteiger partial charge is 0.272 e. The Morgan fingerprint density at radius 3 is 2.68 bits per heavy atom. The molecule has 2 aromatic heterocycles. The van der Waals surface area contributed by atoms with Crippen LogP contribution in [-0.4, -0.2) is 44.4 Å². The molecule has 1 aliphatic heterocycles. The van der Waals surface area contributed by atoms with Crippen LogP contribution >= 0.6 is 0 Å². The van der Waals surface area contributed by atoms with Crippen LogP contribution in [0.5, 0.6) is 0 Å². The highest BCUT2D eigenvalue weighted by molar-refractivity contribution is 6.02. The number of anilines is 1. The molecule has 8 nitrogen and oxygen atoms in total. The number of imidazole rings is 1. The van der Waals surface area contributed by atoms with E-state index in [-0.39, 0.29) is 29.6 Å². The Balaban J connectivity index is 1.37. The minimum atomic E-state index is -0.631. The predicted octanol–water partition coefficient (Wildman–Crippen LogP) is 2.15. The Morgan fingerprint density at radius 1 is 1.16 bits per heavy atom. The maximum Gasteiger partial charge on any atom is 0.272 e.